The fourth-order valence-corrected chi connectivity index (χ4v) is 5.06. The lowest BCUT2D eigenvalue weighted by atomic mass is 9.98. The molecule has 0 radical (unpaired) electrons. The quantitative estimate of drug-likeness (QED) is 0.497. The van der Waals surface area contributed by atoms with Gasteiger partial charge in [-0.15, -0.1) is 11.3 Å². The summed E-state index contributed by atoms with van der Waals surface area (Å²) >= 11 is 1.27. The van der Waals surface area contributed by atoms with Crippen molar-refractivity contribution in [1.29, 1.82) is 0 Å². The molecule has 0 saturated heterocycles. The van der Waals surface area contributed by atoms with E-state index >= 15 is 0 Å². The minimum absolute atomic E-state index is 0.135. The monoisotopic (exact) mass is 475 g/mol. The predicted octanol–water partition coefficient (Wildman–Crippen LogP) is 5.70. The summed E-state index contributed by atoms with van der Waals surface area (Å²) < 4.78 is 45.3. The van der Waals surface area contributed by atoms with Crippen LogP contribution in [0.1, 0.15) is 55.2 Å². The van der Waals surface area contributed by atoms with Crippen LogP contribution in [-0.2, 0) is 23.9 Å². The van der Waals surface area contributed by atoms with E-state index in [4.69, 9.17) is 9.84 Å². The van der Waals surface area contributed by atoms with Crippen molar-refractivity contribution < 1.29 is 32.6 Å². The molecule has 1 aliphatic rings. The van der Waals surface area contributed by atoms with E-state index in [0.29, 0.717) is 41.2 Å². The Kier molecular flexibility index (Phi) is 6.27. The van der Waals surface area contributed by atoms with Crippen LogP contribution in [0.15, 0.2) is 48.5 Å². The number of carbonyl (C=O) groups excluding carboxylic acids is 1. The van der Waals surface area contributed by atoms with Gasteiger partial charge in [-0.05, 0) is 54.3 Å². The number of amides is 1. The van der Waals surface area contributed by atoms with Gasteiger partial charge in [0.05, 0.1) is 35.9 Å². The maximum absolute atomic E-state index is 13.4. The zero-order chi connectivity index (χ0) is 23.8. The van der Waals surface area contributed by atoms with E-state index in [9.17, 15) is 22.8 Å². The summed E-state index contributed by atoms with van der Waals surface area (Å²) in [5.74, 6) is -1.44. The van der Waals surface area contributed by atoms with Gasteiger partial charge in [-0.3, -0.25) is 4.79 Å². The van der Waals surface area contributed by atoms with E-state index in [-0.39, 0.29) is 5.56 Å². The Morgan fingerprint density at radius 3 is 2.55 bits per heavy atom. The van der Waals surface area contributed by atoms with Crippen LogP contribution in [0.2, 0.25) is 0 Å². The summed E-state index contributed by atoms with van der Waals surface area (Å²) in [5.41, 5.74) is 1.56. The number of hydrogen-bond acceptors (Lipinski definition) is 4. The molecule has 9 heteroatoms. The van der Waals surface area contributed by atoms with Gasteiger partial charge >= 0.3 is 12.1 Å². The first-order chi connectivity index (χ1) is 15.6. The third kappa shape index (κ3) is 4.79. The lowest BCUT2D eigenvalue weighted by molar-refractivity contribution is -0.137. The third-order valence-corrected chi connectivity index (χ3v) is 6.76. The second kappa shape index (κ2) is 8.99. The molecule has 5 nitrogen and oxygen atoms in total. The molecule has 1 amide bonds. The number of carboxylic acids is 1. The topological polar surface area (TPSA) is 75.6 Å². The molecule has 1 aromatic heterocycles. The summed E-state index contributed by atoms with van der Waals surface area (Å²) in [6.45, 7) is 2.50. The highest BCUT2D eigenvalue weighted by molar-refractivity contribution is 7.16. The second-order valence-electron chi connectivity index (χ2n) is 7.71. The van der Waals surface area contributed by atoms with E-state index in [1.165, 1.54) is 29.5 Å². The number of fused-ring (bicyclic) bond motifs is 1. The number of carbonyl (C=O) groups is 2. The zero-order valence-electron chi connectivity index (χ0n) is 17.5. The van der Waals surface area contributed by atoms with Crippen LogP contribution in [-0.4, -0.2) is 23.6 Å². The Morgan fingerprint density at radius 1 is 1.15 bits per heavy atom. The fourth-order valence-electron chi connectivity index (χ4n) is 3.78. The summed E-state index contributed by atoms with van der Waals surface area (Å²) in [5, 5.41) is 12.0. The molecule has 1 aliphatic heterocycles. The normalized spacial score (nSPS) is 14.4. The first-order valence-electron chi connectivity index (χ1n) is 10.2. The van der Waals surface area contributed by atoms with Crippen LogP contribution in [0.3, 0.4) is 0 Å². The number of benzene rings is 2. The van der Waals surface area contributed by atoms with Gasteiger partial charge in [0.2, 0.25) is 0 Å². The molecule has 0 aliphatic carbocycles. The lowest BCUT2D eigenvalue weighted by Crippen LogP contribution is -2.28. The van der Waals surface area contributed by atoms with Crippen LogP contribution in [0, 0.1) is 0 Å². The Bertz CT molecular complexity index is 1200. The Balaban J connectivity index is 1.69. The Labute approximate surface area is 191 Å². The van der Waals surface area contributed by atoms with Gasteiger partial charge < -0.3 is 15.2 Å². The van der Waals surface area contributed by atoms with E-state index in [2.05, 4.69) is 5.32 Å². The highest BCUT2D eigenvalue weighted by Gasteiger charge is 2.32. The number of nitrogens with one attached hydrogen (secondary N) is 1. The van der Waals surface area contributed by atoms with E-state index in [0.717, 1.165) is 22.6 Å². The minimum Gasteiger partial charge on any atom is -0.478 e. The number of hydrogen-bond donors (Lipinski definition) is 2. The first kappa shape index (κ1) is 23.0. The van der Waals surface area contributed by atoms with Crippen LogP contribution in [0.25, 0.3) is 10.4 Å². The third-order valence-electron chi connectivity index (χ3n) is 5.50. The summed E-state index contributed by atoms with van der Waals surface area (Å²) in [4.78, 5) is 25.7. The Morgan fingerprint density at radius 2 is 1.88 bits per heavy atom. The number of aromatic carboxylic acids is 1. The molecular formula is C24H20F3NO4S. The van der Waals surface area contributed by atoms with Crippen molar-refractivity contribution in [1.82, 2.24) is 5.32 Å². The van der Waals surface area contributed by atoms with Crippen LogP contribution in [0.5, 0.6) is 0 Å². The second-order valence-corrected chi connectivity index (χ2v) is 8.82. The van der Waals surface area contributed by atoms with Gasteiger partial charge in [0.25, 0.3) is 5.91 Å². The molecule has 2 aromatic carbocycles. The molecule has 0 bridgehead atoms. The van der Waals surface area contributed by atoms with Gasteiger partial charge in [0.1, 0.15) is 0 Å². The number of alkyl halides is 3. The molecule has 0 saturated carbocycles. The largest absolute Gasteiger partial charge is 0.478 e. The first-order valence-corrected chi connectivity index (χ1v) is 11.0. The number of carboxylic acid groups (broad SMARTS) is 1. The van der Waals surface area contributed by atoms with E-state index in [1.54, 1.807) is 25.1 Å². The summed E-state index contributed by atoms with van der Waals surface area (Å²) in [6.07, 6.45) is -4.00. The molecule has 1 atom stereocenters. The number of rotatable bonds is 5. The fraction of sp³-hybridized carbons (Fsp3) is 0.250. The van der Waals surface area contributed by atoms with Crippen molar-refractivity contribution >= 4 is 23.2 Å². The standard InChI is InChI=1S/C24H20F3NO4S/c1-13(14-5-7-15(8-6-14)23(30)31)28-22(29)20-18-9-10-32-12-19(18)33-21(20)16-3-2-4-17(11-16)24(25,26)27/h2-8,11,13H,9-10,12H2,1H3,(H,28,29)(H,30,31)/t13-/m1/s1. The lowest BCUT2D eigenvalue weighted by Gasteiger charge is -2.18. The molecule has 172 valence electrons. The molecule has 2 N–H and O–H groups in total. The number of halogens is 3. The number of thiophene rings is 1. The SMILES string of the molecule is C[C@@H](NC(=O)c1c(-c2cccc(C(F)(F)F)c2)sc2c1CCOC2)c1ccc(C(=O)O)cc1. The highest BCUT2D eigenvalue weighted by atomic mass is 32.1. The van der Waals surface area contributed by atoms with Crippen LogP contribution < -0.4 is 5.32 Å². The van der Waals surface area contributed by atoms with Crippen molar-refractivity contribution in [3.8, 4) is 10.4 Å². The van der Waals surface area contributed by atoms with Crippen molar-refractivity contribution in [3.05, 3.63) is 81.2 Å². The van der Waals surface area contributed by atoms with Gasteiger partial charge in [0, 0.05) is 9.75 Å². The molecule has 3 aromatic rings. The van der Waals surface area contributed by atoms with Gasteiger partial charge in [-0.25, -0.2) is 4.79 Å². The van der Waals surface area contributed by atoms with E-state index < -0.39 is 29.7 Å². The average Bonchev–Trinajstić information content (AvgIpc) is 3.18. The van der Waals surface area contributed by atoms with Crippen LogP contribution in [0.4, 0.5) is 13.2 Å². The molecular weight excluding hydrogens is 455 g/mol. The van der Waals surface area contributed by atoms with Crippen molar-refractivity contribution in [3.63, 3.8) is 0 Å². The Hall–Kier alpha value is -3.17. The van der Waals surface area contributed by atoms with E-state index in [1.807, 2.05) is 0 Å². The summed E-state index contributed by atoms with van der Waals surface area (Å²) in [6, 6.07) is 10.7. The molecule has 33 heavy (non-hydrogen) atoms. The maximum atomic E-state index is 13.4. The van der Waals surface area contributed by atoms with Gasteiger partial charge in [0.15, 0.2) is 0 Å². The van der Waals surface area contributed by atoms with Crippen LogP contribution >= 0.6 is 11.3 Å². The van der Waals surface area contributed by atoms with Gasteiger partial charge in [-0.2, -0.15) is 13.2 Å². The van der Waals surface area contributed by atoms with Crippen molar-refractivity contribution in [2.45, 2.75) is 32.2 Å². The zero-order valence-corrected chi connectivity index (χ0v) is 18.3. The van der Waals surface area contributed by atoms with Crippen molar-refractivity contribution in [2.24, 2.45) is 0 Å². The van der Waals surface area contributed by atoms with Gasteiger partial charge in [-0.1, -0.05) is 24.3 Å². The highest BCUT2D eigenvalue weighted by Crippen LogP contribution is 2.41. The average molecular weight is 475 g/mol. The predicted molar refractivity (Wildman–Crippen MR) is 117 cm³/mol. The van der Waals surface area contributed by atoms with Crippen molar-refractivity contribution in [2.75, 3.05) is 6.61 Å². The summed E-state index contributed by atoms with van der Waals surface area (Å²) in [7, 11) is 0. The molecule has 0 unspecified atom stereocenters. The minimum atomic E-state index is -4.49. The molecule has 0 spiro atoms. The maximum Gasteiger partial charge on any atom is 0.416 e. The smallest absolute Gasteiger partial charge is 0.416 e. The molecule has 0 fully saturated rings. The molecule has 4 rings (SSSR count). The number of ether oxygens (including phenoxy) is 1. The molecule has 2 heterocycles.